The Bertz CT molecular complexity index is 1260. The van der Waals surface area contributed by atoms with Crippen LogP contribution in [0.5, 0.6) is 5.75 Å². The largest absolute Gasteiger partial charge is 0.495 e. The number of carbonyl (C=O) groups is 1. The van der Waals surface area contributed by atoms with E-state index in [1.165, 1.54) is 23.5 Å². The van der Waals surface area contributed by atoms with Gasteiger partial charge in [-0.3, -0.25) is 4.79 Å². The van der Waals surface area contributed by atoms with Crippen molar-refractivity contribution in [2.45, 2.75) is 30.8 Å². The van der Waals surface area contributed by atoms with Gasteiger partial charge < -0.3 is 9.64 Å². The van der Waals surface area contributed by atoms with E-state index in [4.69, 9.17) is 16.3 Å². The van der Waals surface area contributed by atoms with Gasteiger partial charge in [0.2, 0.25) is 15.9 Å². The van der Waals surface area contributed by atoms with E-state index in [2.05, 4.69) is 0 Å². The number of methoxy groups -OCH3 is 1. The highest BCUT2D eigenvalue weighted by Gasteiger charge is 2.35. The average molecular weight is 485 g/mol. The predicted octanol–water partition coefficient (Wildman–Crippen LogP) is 4.52. The Morgan fingerprint density at radius 2 is 1.79 bits per heavy atom. The van der Waals surface area contributed by atoms with Crippen molar-refractivity contribution in [1.29, 1.82) is 0 Å². The molecule has 0 aliphatic carbocycles. The molecular formula is C25H25ClN2O4S. The molecule has 1 atom stereocenters. The molecule has 1 aliphatic rings. The molecule has 172 valence electrons. The molecule has 3 aromatic carbocycles. The lowest BCUT2D eigenvalue weighted by molar-refractivity contribution is -0.119. The van der Waals surface area contributed by atoms with Gasteiger partial charge in [0.1, 0.15) is 10.6 Å². The van der Waals surface area contributed by atoms with Gasteiger partial charge in [-0.15, -0.1) is 0 Å². The number of anilines is 1. The maximum Gasteiger partial charge on any atom is 0.247 e. The Labute approximate surface area is 199 Å². The quantitative estimate of drug-likeness (QED) is 0.494. The summed E-state index contributed by atoms with van der Waals surface area (Å²) in [7, 11) is -2.71. The molecule has 0 N–H and O–H groups in total. The van der Waals surface area contributed by atoms with E-state index < -0.39 is 10.0 Å². The molecule has 0 fully saturated rings. The first kappa shape index (κ1) is 23.3. The monoisotopic (exact) mass is 484 g/mol. The number of benzene rings is 3. The Morgan fingerprint density at radius 3 is 2.52 bits per heavy atom. The number of halogens is 1. The Morgan fingerprint density at radius 1 is 1.09 bits per heavy atom. The number of rotatable bonds is 7. The number of para-hydroxylation sites is 1. The molecular weight excluding hydrogens is 460 g/mol. The van der Waals surface area contributed by atoms with E-state index in [-0.39, 0.29) is 40.7 Å². The van der Waals surface area contributed by atoms with Gasteiger partial charge in [-0.2, -0.15) is 4.31 Å². The van der Waals surface area contributed by atoms with Crippen molar-refractivity contribution >= 4 is 33.2 Å². The number of amides is 1. The summed E-state index contributed by atoms with van der Waals surface area (Å²) in [5, 5.41) is 0.266. The van der Waals surface area contributed by atoms with Crippen molar-refractivity contribution in [1.82, 2.24) is 4.31 Å². The van der Waals surface area contributed by atoms with Crippen LogP contribution in [0.15, 0.2) is 77.7 Å². The number of carbonyl (C=O) groups excluding carboxylic acids is 1. The van der Waals surface area contributed by atoms with Crippen molar-refractivity contribution in [3.05, 3.63) is 88.9 Å². The van der Waals surface area contributed by atoms with Gasteiger partial charge in [0, 0.05) is 23.3 Å². The van der Waals surface area contributed by atoms with Gasteiger partial charge in [-0.1, -0.05) is 60.1 Å². The van der Waals surface area contributed by atoms with E-state index in [0.29, 0.717) is 0 Å². The van der Waals surface area contributed by atoms with Crippen molar-refractivity contribution < 1.29 is 17.9 Å². The van der Waals surface area contributed by atoms with Crippen LogP contribution in [0.2, 0.25) is 5.02 Å². The summed E-state index contributed by atoms with van der Waals surface area (Å²) in [5.41, 5.74) is 2.67. The molecule has 0 saturated heterocycles. The van der Waals surface area contributed by atoms with Crippen molar-refractivity contribution in [3.8, 4) is 5.75 Å². The molecule has 1 aliphatic heterocycles. The van der Waals surface area contributed by atoms with E-state index in [1.54, 1.807) is 11.0 Å². The van der Waals surface area contributed by atoms with Crippen LogP contribution in [0.4, 0.5) is 5.69 Å². The van der Waals surface area contributed by atoms with Gasteiger partial charge in [0.25, 0.3) is 0 Å². The van der Waals surface area contributed by atoms with Crippen LogP contribution >= 0.6 is 11.6 Å². The predicted molar refractivity (Wildman–Crippen MR) is 129 cm³/mol. The molecule has 1 amide bonds. The first-order valence-corrected chi connectivity index (χ1v) is 12.4. The number of ether oxygens (including phenoxy) is 1. The van der Waals surface area contributed by atoms with Gasteiger partial charge in [0.15, 0.2) is 0 Å². The smallest absolute Gasteiger partial charge is 0.247 e. The van der Waals surface area contributed by atoms with E-state index in [0.717, 1.165) is 23.2 Å². The summed E-state index contributed by atoms with van der Waals surface area (Å²) in [6, 6.07) is 21.3. The van der Waals surface area contributed by atoms with Gasteiger partial charge >= 0.3 is 0 Å². The molecule has 8 heteroatoms. The highest BCUT2D eigenvalue weighted by atomic mass is 35.5. The van der Waals surface area contributed by atoms with E-state index in [1.807, 2.05) is 61.5 Å². The van der Waals surface area contributed by atoms with Crippen LogP contribution in [-0.4, -0.2) is 38.3 Å². The second-order valence-electron chi connectivity index (χ2n) is 8.00. The van der Waals surface area contributed by atoms with E-state index in [9.17, 15) is 13.2 Å². The first-order chi connectivity index (χ1) is 15.8. The maximum atomic E-state index is 13.8. The minimum atomic E-state index is -4.11. The normalized spacial score (nSPS) is 15.5. The number of hydrogen-bond acceptors (Lipinski definition) is 4. The number of fused-ring (bicyclic) bond motifs is 1. The highest BCUT2D eigenvalue weighted by molar-refractivity contribution is 7.89. The Kier molecular flexibility index (Phi) is 6.74. The molecule has 1 heterocycles. The number of sulfonamides is 1. The van der Waals surface area contributed by atoms with Crippen molar-refractivity contribution in [2.24, 2.45) is 0 Å². The molecule has 6 nitrogen and oxygen atoms in total. The highest BCUT2D eigenvalue weighted by Crippen LogP contribution is 2.34. The van der Waals surface area contributed by atoms with Crippen LogP contribution in [0.3, 0.4) is 0 Å². The summed E-state index contributed by atoms with van der Waals surface area (Å²) < 4.78 is 34.0. The number of nitrogens with zero attached hydrogens (tertiary/aromatic N) is 2. The van der Waals surface area contributed by atoms with Crippen molar-refractivity contribution in [3.63, 3.8) is 0 Å². The molecule has 4 rings (SSSR count). The summed E-state index contributed by atoms with van der Waals surface area (Å²) in [5.74, 6) is -0.113. The molecule has 33 heavy (non-hydrogen) atoms. The lowest BCUT2D eigenvalue weighted by Gasteiger charge is -2.28. The second-order valence-corrected chi connectivity index (χ2v) is 10.3. The molecule has 0 spiro atoms. The second kappa shape index (κ2) is 9.55. The minimum absolute atomic E-state index is 0.0362. The van der Waals surface area contributed by atoms with Crippen LogP contribution in [0.1, 0.15) is 18.1 Å². The third-order valence-electron chi connectivity index (χ3n) is 5.73. The standard InChI is InChI=1S/C25H25ClN2O4S/c1-18-14-20-10-6-7-11-22(20)28(18)25(29)17-27(16-19-8-4-3-5-9-19)33(30,31)24-15-21(26)12-13-23(24)32-2/h3-13,15,18H,14,16-17H2,1-2H3. The summed E-state index contributed by atoms with van der Waals surface area (Å²) in [6.45, 7) is 1.69. The maximum absolute atomic E-state index is 13.8. The summed E-state index contributed by atoms with van der Waals surface area (Å²) in [6.07, 6.45) is 0.732. The van der Waals surface area contributed by atoms with Crippen LogP contribution < -0.4 is 9.64 Å². The van der Waals surface area contributed by atoms with Gasteiger partial charge in [0.05, 0.1) is 13.7 Å². The third kappa shape index (κ3) is 4.76. The fourth-order valence-corrected chi connectivity index (χ4v) is 5.97. The zero-order chi connectivity index (χ0) is 23.6. The van der Waals surface area contributed by atoms with Crippen LogP contribution in [0, 0.1) is 0 Å². The van der Waals surface area contributed by atoms with Gasteiger partial charge in [-0.25, -0.2) is 8.42 Å². The van der Waals surface area contributed by atoms with Crippen molar-refractivity contribution in [2.75, 3.05) is 18.6 Å². The molecule has 0 saturated carbocycles. The third-order valence-corrected chi connectivity index (χ3v) is 7.78. The SMILES string of the molecule is COc1ccc(Cl)cc1S(=O)(=O)N(CC(=O)N1c2ccccc2CC1C)Cc1ccccc1. The van der Waals surface area contributed by atoms with E-state index >= 15 is 0 Å². The fraction of sp³-hybridized carbons (Fsp3) is 0.240. The molecule has 0 bridgehead atoms. The average Bonchev–Trinajstić information content (AvgIpc) is 3.15. The van der Waals surface area contributed by atoms with Crippen LogP contribution in [-0.2, 0) is 27.8 Å². The fourth-order valence-electron chi connectivity index (χ4n) is 4.18. The lowest BCUT2D eigenvalue weighted by atomic mass is 10.1. The Balaban J connectivity index is 1.72. The zero-order valence-corrected chi connectivity index (χ0v) is 20.0. The topological polar surface area (TPSA) is 66.9 Å². The lowest BCUT2D eigenvalue weighted by Crippen LogP contribution is -2.44. The molecule has 1 unspecified atom stereocenters. The Hall–Kier alpha value is -2.87. The summed E-state index contributed by atoms with van der Waals surface area (Å²) >= 11 is 6.12. The van der Waals surface area contributed by atoms with Gasteiger partial charge in [-0.05, 0) is 48.7 Å². The minimum Gasteiger partial charge on any atom is -0.495 e. The molecule has 0 aromatic heterocycles. The van der Waals surface area contributed by atoms with Crippen LogP contribution in [0.25, 0.3) is 0 Å². The molecule has 0 radical (unpaired) electrons. The first-order valence-electron chi connectivity index (χ1n) is 10.6. The zero-order valence-electron chi connectivity index (χ0n) is 18.4. The molecule has 3 aromatic rings. The summed E-state index contributed by atoms with van der Waals surface area (Å²) in [4.78, 5) is 15.1. The number of hydrogen-bond donors (Lipinski definition) is 0.